The molecule has 0 saturated carbocycles. The highest BCUT2D eigenvalue weighted by Gasteiger charge is 2.41. The van der Waals surface area contributed by atoms with Crippen molar-refractivity contribution in [2.45, 2.75) is 44.9 Å². The normalized spacial score (nSPS) is 19.9. The lowest BCUT2D eigenvalue weighted by molar-refractivity contribution is -0.116. The number of hydrogen-bond acceptors (Lipinski definition) is 6. The number of phenols is 1. The van der Waals surface area contributed by atoms with E-state index >= 15 is 0 Å². The van der Waals surface area contributed by atoms with Crippen molar-refractivity contribution in [3.8, 4) is 11.5 Å². The number of carbonyl (C=O) groups excluding carboxylic acids is 1. The van der Waals surface area contributed by atoms with E-state index in [-0.39, 0.29) is 23.4 Å². The van der Waals surface area contributed by atoms with Gasteiger partial charge in [0.25, 0.3) is 0 Å². The average Bonchev–Trinajstić information content (AvgIpc) is 3.18. The number of carbonyl (C=O) groups is 1. The predicted molar refractivity (Wildman–Crippen MR) is 121 cm³/mol. The van der Waals surface area contributed by atoms with Gasteiger partial charge >= 0.3 is 0 Å². The van der Waals surface area contributed by atoms with Crippen LogP contribution in [0.4, 0.5) is 5.88 Å². The number of aromatic nitrogens is 1. The van der Waals surface area contributed by atoms with Crippen LogP contribution in [0.1, 0.15) is 59.5 Å². The topological polar surface area (TPSA) is 84.6 Å². The molecule has 1 aliphatic heterocycles. The summed E-state index contributed by atoms with van der Waals surface area (Å²) in [7, 11) is 1.52. The van der Waals surface area contributed by atoms with Crippen LogP contribution in [0.15, 0.2) is 58.3 Å². The summed E-state index contributed by atoms with van der Waals surface area (Å²) in [6, 6.07) is 13.8. The van der Waals surface area contributed by atoms with Gasteiger partial charge in [0.1, 0.15) is 0 Å². The van der Waals surface area contributed by atoms with Gasteiger partial charge in [0.05, 0.1) is 18.4 Å². The van der Waals surface area contributed by atoms with Crippen molar-refractivity contribution < 1.29 is 19.2 Å². The van der Waals surface area contributed by atoms with Crippen LogP contribution < -0.4 is 10.1 Å². The van der Waals surface area contributed by atoms with Crippen molar-refractivity contribution in [1.82, 2.24) is 5.16 Å². The maximum atomic E-state index is 13.6. The van der Waals surface area contributed by atoms with Gasteiger partial charge in [-0.3, -0.25) is 4.79 Å². The molecule has 0 bridgehead atoms. The van der Waals surface area contributed by atoms with Gasteiger partial charge in [-0.05, 0) is 54.5 Å². The number of benzene rings is 2. The number of ether oxygens (including phenoxy) is 1. The smallest absolute Gasteiger partial charge is 0.233 e. The number of fused-ring (bicyclic) bond motifs is 1. The first-order valence-electron chi connectivity index (χ1n) is 10.9. The number of nitrogens with one attached hydrogen (secondary N) is 1. The van der Waals surface area contributed by atoms with E-state index in [1.807, 2.05) is 19.1 Å². The minimum absolute atomic E-state index is 0.0167. The molecule has 1 aliphatic carbocycles. The zero-order valence-corrected chi connectivity index (χ0v) is 18.4. The summed E-state index contributed by atoms with van der Waals surface area (Å²) in [5.41, 5.74) is 6.71. The standard InChI is InChI=1S/C26H26N2O4/c1-4-15-5-7-16(8-6-15)24-23-14(2)28-32-26(23)27-19-11-18(12-21(30)25(19)24)17-9-10-20(29)22(13-17)31-3/h5-10,13,18,24,27,29H,4,11-12H2,1-3H3/t18-,24-/m0/s1. The number of nitrogens with zero attached hydrogens (tertiary/aromatic N) is 1. The van der Waals surface area contributed by atoms with Gasteiger partial charge in [-0.1, -0.05) is 42.4 Å². The molecule has 164 valence electrons. The van der Waals surface area contributed by atoms with Crippen LogP contribution >= 0.6 is 0 Å². The maximum absolute atomic E-state index is 13.6. The fraction of sp³-hybridized carbons (Fsp3) is 0.308. The summed E-state index contributed by atoms with van der Waals surface area (Å²) in [5, 5.41) is 17.5. The Labute approximate surface area is 186 Å². The van der Waals surface area contributed by atoms with Gasteiger partial charge in [-0.2, -0.15) is 0 Å². The average molecular weight is 431 g/mol. The number of hydrogen-bond donors (Lipinski definition) is 2. The van der Waals surface area contributed by atoms with E-state index in [1.54, 1.807) is 6.07 Å². The quantitative estimate of drug-likeness (QED) is 0.591. The Balaban J connectivity index is 1.58. The van der Waals surface area contributed by atoms with E-state index < -0.39 is 0 Å². The number of allylic oxidation sites excluding steroid dienone is 2. The predicted octanol–water partition coefficient (Wildman–Crippen LogP) is 5.22. The molecule has 0 radical (unpaired) electrons. The van der Waals surface area contributed by atoms with E-state index in [4.69, 9.17) is 9.26 Å². The van der Waals surface area contributed by atoms with Crippen LogP contribution in [0.2, 0.25) is 0 Å². The molecular weight excluding hydrogens is 404 g/mol. The molecule has 6 nitrogen and oxygen atoms in total. The van der Waals surface area contributed by atoms with Crippen LogP contribution in [0.3, 0.4) is 0 Å². The highest BCUT2D eigenvalue weighted by molar-refractivity contribution is 6.01. The molecule has 1 aromatic heterocycles. The van der Waals surface area contributed by atoms with E-state index in [2.05, 4.69) is 41.7 Å². The summed E-state index contributed by atoms with van der Waals surface area (Å²) < 4.78 is 10.9. The van der Waals surface area contributed by atoms with Gasteiger partial charge in [-0.15, -0.1) is 0 Å². The summed E-state index contributed by atoms with van der Waals surface area (Å²) >= 11 is 0. The molecule has 3 aromatic rings. The first kappa shape index (κ1) is 20.4. The Hall–Kier alpha value is -3.54. The summed E-state index contributed by atoms with van der Waals surface area (Å²) in [6.07, 6.45) is 2.03. The Morgan fingerprint density at radius 2 is 1.91 bits per heavy atom. The maximum Gasteiger partial charge on any atom is 0.233 e. The zero-order chi connectivity index (χ0) is 22.4. The van der Waals surface area contributed by atoms with Gasteiger partial charge in [0.2, 0.25) is 5.88 Å². The molecule has 2 atom stereocenters. The van der Waals surface area contributed by atoms with E-state index in [0.717, 1.165) is 40.1 Å². The molecule has 2 aliphatic rings. The second kappa shape index (κ2) is 7.86. The minimum atomic E-state index is -0.193. The molecule has 5 rings (SSSR count). The van der Waals surface area contributed by atoms with Crippen molar-refractivity contribution >= 4 is 11.7 Å². The molecular formula is C26H26N2O4. The summed E-state index contributed by atoms with van der Waals surface area (Å²) in [6.45, 7) is 4.05. The molecule has 0 spiro atoms. The lowest BCUT2D eigenvalue weighted by Crippen LogP contribution is -2.29. The molecule has 2 N–H and O–H groups in total. The van der Waals surface area contributed by atoms with E-state index in [0.29, 0.717) is 24.5 Å². The zero-order valence-electron chi connectivity index (χ0n) is 18.4. The highest BCUT2D eigenvalue weighted by atomic mass is 16.5. The lowest BCUT2D eigenvalue weighted by Gasteiger charge is -2.34. The first-order valence-corrected chi connectivity index (χ1v) is 10.9. The third-order valence-electron chi connectivity index (χ3n) is 6.65. The third-order valence-corrected chi connectivity index (χ3v) is 6.65. The number of aromatic hydroxyl groups is 1. The Morgan fingerprint density at radius 1 is 1.16 bits per heavy atom. The second-order valence-corrected chi connectivity index (χ2v) is 8.52. The number of rotatable bonds is 4. The molecule has 6 heteroatoms. The van der Waals surface area contributed by atoms with Gasteiger partial charge in [0, 0.05) is 23.6 Å². The second-order valence-electron chi connectivity index (χ2n) is 8.52. The van der Waals surface area contributed by atoms with Gasteiger partial charge in [0.15, 0.2) is 17.3 Å². The van der Waals surface area contributed by atoms with Crippen molar-refractivity contribution in [3.05, 3.63) is 81.7 Å². The van der Waals surface area contributed by atoms with Crippen molar-refractivity contribution in [2.75, 3.05) is 12.4 Å². The van der Waals surface area contributed by atoms with Gasteiger partial charge in [-0.25, -0.2) is 0 Å². The number of Topliss-reactive ketones (excluding diaryl/α,β-unsaturated/α-hetero) is 1. The van der Waals surface area contributed by atoms with Crippen LogP contribution in [-0.2, 0) is 11.2 Å². The van der Waals surface area contributed by atoms with Crippen molar-refractivity contribution in [1.29, 1.82) is 0 Å². The van der Waals surface area contributed by atoms with Crippen LogP contribution in [-0.4, -0.2) is 23.2 Å². The van der Waals surface area contributed by atoms with Gasteiger partial charge < -0.3 is 19.7 Å². The lowest BCUT2D eigenvalue weighted by atomic mass is 9.72. The largest absolute Gasteiger partial charge is 0.504 e. The minimum Gasteiger partial charge on any atom is -0.504 e. The number of phenolic OH excluding ortho intramolecular Hbond substituents is 1. The van der Waals surface area contributed by atoms with Crippen molar-refractivity contribution in [3.63, 3.8) is 0 Å². The summed E-state index contributed by atoms with van der Waals surface area (Å²) in [5.74, 6) is 1.02. The Bertz CT molecular complexity index is 1220. The van der Waals surface area contributed by atoms with Crippen LogP contribution in [0.5, 0.6) is 11.5 Å². The number of ketones is 1. The number of anilines is 1. The molecule has 0 fully saturated rings. The Kier molecular flexibility index (Phi) is 5.00. The van der Waals surface area contributed by atoms with E-state index in [9.17, 15) is 9.90 Å². The SMILES string of the molecule is CCc1ccc([C@@H]2C3=C(C[C@H](c4ccc(O)c(OC)c4)CC3=O)Nc3onc(C)c32)cc1. The molecule has 0 saturated heterocycles. The molecule has 32 heavy (non-hydrogen) atoms. The van der Waals surface area contributed by atoms with E-state index in [1.165, 1.54) is 12.7 Å². The number of aryl methyl sites for hydroxylation is 2. The fourth-order valence-electron chi connectivity index (χ4n) is 4.94. The third kappa shape index (κ3) is 3.27. The molecule has 0 unspecified atom stereocenters. The highest BCUT2D eigenvalue weighted by Crippen LogP contribution is 2.49. The summed E-state index contributed by atoms with van der Waals surface area (Å²) in [4.78, 5) is 13.6. The molecule has 0 amide bonds. The molecule has 2 aromatic carbocycles. The van der Waals surface area contributed by atoms with Crippen molar-refractivity contribution in [2.24, 2.45) is 0 Å². The molecule has 2 heterocycles. The Morgan fingerprint density at radius 3 is 2.62 bits per heavy atom. The van der Waals surface area contributed by atoms with Crippen LogP contribution in [0.25, 0.3) is 0 Å². The number of methoxy groups -OCH3 is 1. The monoisotopic (exact) mass is 430 g/mol. The first-order chi connectivity index (χ1) is 15.5. The fourth-order valence-corrected chi connectivity index (χ4v) is 4.94. The van der Waals surface area contributed by atoms with Crippen LogP contribution in [0, 0.1) is 6.92 Å².